The number of ether oxygens (including phenoxy) is 1. The molecular formula is C16H20F3NO3. The van der Waals surface area contributed by atoms with E-state index in [2.05, 4.69) is 4.74 Å². The third-order valence-electron chi connectivity index (χ3n) is 3.91. The fraction of sp³-hybridized carbons (Fsp3) is 0.562. The summed E-state index contributed by atoms with van der Waals surface area (Å²) >= 11 is 0. The summed E-state index contributed by atoms with van der Waals surface area (Å²) in [7, 11) is 0. The molecule has 1 amide bonds. The predicted molar refractivity (Wildman–Crippen MR) is 77.8 cm³/mol. The monoisotopic (exact) mass is 331 g/mol. The van der Waals surface area contributed by atoms with Gasteiger partial charge in [-0.15, -0.1) is 13.2 Å². The van der Waals surface area contributed by atoms with Crippen molar-refractivity contribution in [3.63, 3.8) is 0 Å². The Morgan fingerprint density at radius 1 is 1.30 bits per heavy atom. The highest BCUT2D eigenvalue weighted by molar-refractivity contribution is 5.76. The lowest BCUT2D eigenvalue weighted by Gasteiger charge is -2.32. The number of carbonyl (C=O) groups is 1. The first-order valence-electron chi connectivity index (χ1n) is 7.60. The molecule has 0 spiro atoms. The second-order valence-electron chi connectivity index (χ2n) is 5.72. The van der Waals surface area contributed by atoms with E-state index >= 15 is 0 Å². The zero-order valence-corrected chi connectivity index (χ0v) is 12.7. The Kier molecular flexibility index (Phi) is 5.87. The van der Waals surface area contributed by atoms with Crippen molar-refractivity contribution in [2.75, 3.05) is 19.7 Å². The van der Waals surface area contributed by atoms with Gasteiger partial charge in [0.1, 0.15) is 5.75 Å². The van der Waals surface area contributed by atoms with Crippen LogP contribution in [0.15, 0.2) is 24.3 Å². The van der Waals surface area contributed by atoms with Crippen LogP contribution >= 0.6 is 0 Å². The van der Waals surface area contributed by atoms with E-state index in [9.17, 15) is 23.1 Å². The molecule has 1 aromatic rings. The predicted octanol–water partition coefficient (Wildman–Crippen LogP) is 2.75. The Bertz CT molecular complexity index is 516. The van der Waals surface area contributed by atoms with Crippen molar-refractivity contribution in [3.8, 4) is 5.75 Å². The first kappa shape index (κ1) is 17.6. The van der Waals surface area contributed by atoms with Gasteiger partial charge in [0.15, 0.2) is 0 Å². The number of rotatable bonds is 5. The Balaban J connectivity index is 1.82. The van der Waals surface area contributed by atoms with Crippen LogP contribution in [-0.4, -0.2) is 42.0 Å². The third kappa shape index (κ3) is 5.74. The number of halogens is 3. The van der Waals surface area contributed by atoms with Crippen molar-refractivity contribution >= 4 is 5.91 Å². The van der Waals surface area contributed by atoms with Gasteiger partial charge in [-0.3, -0.25) is 4.79 Å². The molecule has 128 valence electrons. The van der Waals surface area contributed by atoms with Crippen molar-refractivity contribution < 1.29 is 27.8 Å². The summed E-state index contributed by atoms with van der Waals surface area (Å²) in [6.07, 6.45) is -2.11. The number of benzene rings is 1. The lowest BCUT2D eigenvalue weighted by atomic mass is 9.98. The molecule has 1 unspecified atom stereocenters. The minimum atomic E-state index is -4.70. The third-order valence-corrected chi connectivity index (χ3v) is 3.91. The van der Waals surface area contributed by atoms with E-state index in [0.717, 1.165) is 18.4 Å². The number of aryl methyl sites for hydroxylation is 1. The number of piperidine rings is 1. The van der Waals surface area contributed by atoms with Gasteiger partial charge in [0.25, 0.3) is 0 Å². The second kappa shape index (κ2) is 7.68. The number of nitrogens with zero attached hydrogens (tertiary/aromatic N) is 1. The molecule has 0 aromatic heterocycles. The molecule has 1 heterocycles. The number of alkyl halides is 3. The molecule has 7 heteroatoms. The van der Waals surface area contributed by atoms with Gasteiger partial charge in [0.05, 0.1) is 0 Å². The number of likely N-dealkylation sites (tertiary alicyclic amines) is 1. The SMILES string of the molecule is O=C(CCc1ccc(OC(F)(F)F)cc1)N1CCCC(CO)C1. The molecule has 1 aromatic carbocycles. The molecule has 0 radical (unpaired) electrons. The van der Waals surface area contributed by atoms with Crippen molar-refractivity contribution in [1.82, 2.24) is 4.90 Å². The van der Waals surface area contributed by atoms with E-state index in [1.807, 2.05) is 0 Å². The summed E-state index contributed by atoms with van der Waals surface area (Å²) < 4.78 is 40.0. The molecule has 0 aliphatic carbocycles. The topological polar surface area (TPSA) is 49.8 Å². The first-order chi connectivity index (χ1) is 10.9. The van der Waals surface area contributed by atoms with Gasteiger partial charge in [-0.05, 0) is 42.9 Å². The van der Waals surface area contributed by atoms with Gasteiger partial charge >= 0.3 is 6.36 Å². The maximum absolute atomic E-state index is 12.2. The van der Waals surface area contributed by atoms with Crippen LogP contribution in [0.5, 0.6) is 5.75 Å². The van der Waals surface area contributed by atoms with E-state index in [0.29, 0.717) is 25.9 Å². The van der Waals surface area contributed by atoms with E-state index in [4.69, 9.17) is 0 Å². The summed E-state index contributed by atoms with van der Waals surface area (Å²) in [4.78, 5) is 13.9. The van der Waals surface area contributed by atoms with Crippen molar-refractivity contribution in [1.29, 1.82) is 0 Å². The van der Waals surface area contributed by atoms with Gasteiger partial charge in [-0.2, -0.15) is 0 Å². The molecular weight excluding hydrogens is 311 g/mol. The lowest BCUT2D eigenvalue weighted by molar-refractivity contribution is -0.274. The standard InChI is InChI=1S/C16H20F3NO3/c17-16(18,19)23-14-6-3-12(4-7-14)5-8-15(22)20-9-1-2-13(10-20)11-21/h3-4,6-7,13,21H,1-2,5,8-11H2. The fourth-order valence-corrected chi connectivity index (χ4v) is 2.71. The van der Waals surface area contributed by atoms with Crippen LogP contribution in [0.3, 0.4) is 0 Å². The van der Waals surface area contributed by atoms with Gasteiger partial charge in [0, 0.05) is 26.1 Å². The zero-order valence-electron chi connectivity index (χ0n) is 12.7. The number of aliphatic hydroxyl groups is 1. The van der Waals surface area contributed by atoms with Gasteiger partial charge in [0.2, 0.25) is 5.91 Å². The van der Waals surface area contributed by atoms with Crippen LogP contribution in [0.2, 0.25) is 0 Å². The highest BCUT2D eigenvalue weighted by Crippen LogP contribution is 2.23. The smallest absolute Gasteiger partial charge is 0.406 e. The minimum Gasteiger partial charge on any atom is -0.406 e. The Morgan fingerprint density at radius 2 is 2.00 bits per heavy atom. The quantitative estimate of drug-likeness (QED) is 0.903. The van der Waals surface area contributed by atoms with Crippen LogP contribution in [0.4, 0.5) is 13.2 Å². The Labute approximate surface area is 132 Å². The number of carbonyl (C=O) groups excluding carboxylic acids is 1. The van der Waals surface area contributed by atoms with E-state index in [1.54, 1.807) is 4.90 Å². The van der Waals surface area contributed by atoms with Crippen molar-refractivity contribution in [2.45, 2.75) is 32.0 Å². The van der Waals surface area contributed by atoms with Gasteiger partial charge < -0.3 is 14.7 Å². The summed E-state index contributed by atoms with van der Waals surface area (Å²) in [6.45, 7) is 1.37. The molecule has 4 nitrogen and oxygen atoms in total. The molecule has 1 fully saturated rings. The van der Waals surface area contributed by atoms with Crippen LogP contribution < -0.4 is 4.74 Å². The minimum absolute atomic E-state index is 0.0127. The Hall–Kier alpha value is -1.76. The molecule has 1 N–H and O–H groups in total. The summed E-state index contributed by atoms with van der Waals surface area (Å²) in [5.74, 6) is -0.111. The maximum atomic E-state index is 12.2. The number of hydrogen-bond acceptors (Lipinski definition) is 3. The van der Waals surface area contributed by atoms with Crippen molar-refractivity contribution in [2.24, 2.45) is 5.92 Å². The molecule has 1 aliphatic heterocycles. The van der Waals surface area contributed by atoms with E-state index < -0.39 is 6.36 Å². The maximum Gasteiger partial charge on any atom is 0.573 e. The molecule has 2 rings (SSSR count). The number of aliphatic hydroxyl groups excluding tert-OH is 1. The van der Waals surface area contributed by atoms with Crippen molar-refractivity contribution in [3.05, 3.63) is 29.8 Å². The van der Waals surface area contributed by atoms with Crippen LogP contribution in [0, 0.1) is 5.92 Å². The molecule has 1 aliphatic rings. The fourth-order valence-electron chi connectivity index (χ4n) is 2.71. The first-order valence-corrected chi connectivity index (χ1v) is 7.60. The highest BCUT2D eigenvalue weighted by Gasteiger charge is 2.31. The zero-order chi connectivity index (χ0) is 16.9. The van der Waals surface area contributed by atoms with Crippen LogP contribution in [0.1, 0.15) is 24.8 Å². The average Bonchev–Trinajstić information content (AvgIpc) is 2.52. The summed E-state index contributed by atoms with van der Waals surface area (Å²) in [5, 5.41) is 9.18. The average molecular weight is 331 g/mol. The Morgan fingerprint density at radius 3 is 2.61 bits per heavy atom. The largest absolute Gasteiger partial charge is 0.573 e. The molecule has 0 saturated carbocycles. The number of amides is 1. The van der Waals surface area contributed by atoms with E-state index in [1.165, 1.54) is 24.3 Å². The molecule has 0 bridgehead atoms. The van der Waals surface area contributed by atoms with Crippen LogP contribution in [0.25, 0.3) is 0 Å². The van der Waals surface area contributed by atoms with Gasteiger partial charge in [-0.1, -0.05) is 12.1 Å². The molecule has 1 atom stereocenters. The van der Waals surface area contributed by atoms with E-state index in [-0.39, 0.29) is 24.2 Å². The van der Waals surface area contributed by atoms with Crippen LogP contribution in [-0.2, 0) is 11.2 Å². The molecule has 23 heavy (non-hydrogen) atoms. The second-order valence-corrected chi connectivity index (χ2v) is 5.72. The lowest BCUT2D eigenvalue weighted by Crippen LogP contribution is -2.41. The summed E-state index contributed by atoms with van der Waals surface area (Å²) in [5.41, 5.74) is 0.781. The number of hydrogen-bond donors (Lipinski definition) is 1. The van der Waals surface area contributed by atoms with Gasteiger partial charge in [-0.25, -0.2) is 0 Å². The normalized spacial score (nSPS) is 18.8. The summed E-state index contributed by atoms with van der Waals surface area (Å²) in [6, 6.07) is 5.55. The highest BCUT2D eigenvalue weighted by atomic mass is 19.4. The molecule has 1 saturated heterocycles.